The van der Waals surface area contributed by atoms with Crippen LogP contribution in [0.4, 0.5) is 0 Å². The van der Waals surface area contributed by atoms with Gasteiger partial charge in [0.2, 0.25) is 0 Å². The highest BCUT2D eigenvalue weighted by Crippen LogP contribution is 2.38. The molecular weight excluding hydrogens is 324 g/mol. The summed E-state index contributed by atoms with van der Waals surface area (Å²) in [6, 6.07) is 20.2. The second kappa shape index (κ2) is 7.02. The first-order valence-corrected chi connectivity index (χ1v) is 8.96. The molecule has 0 radical (unpaired) electrons. The largest absolute Gasteiger partial charge is 0.365 e. The number of carbonyl (C=O) groups excluding carboxylic acids is 1. The van der Waals surface area contributed by atoms with E-state index < -0.39 is 5.60 Å². The second-order valence-electron chi connectivity index (χ2n) is 6.94. The number of ketones is 1. The molecule has 2 aromatic rings. The molecule has 1 fully saturated rings. The number of benzene rings is 2. The quantitative estimate of drug-likeness (QED) is 0.840. The van der Waals surface area contributed by atoms with Crippen LogP contribution in [0.25, 0.3) is 5.57 Å². The van der Waals surface area contributed by atoms with Gasteiger partial charge < -0.3 is 9.47 Å². The summed E-state index contributed by atoms with van der Waals surface area (Å²) in [5, 5.41) is 0. The van der Waals surface area contributed by atoms with Crippen molar-refractivity contribution in [3.63, 3.8) is 0 Å². The van der Waals surface area contributed by atoms with E-state index in [2.05, 4.69) is 18.7 Å². The van der Waals surface area contributed by atoms with Crippen molar-refractivity contribution in [1.29, 1.82) is 0 Å². The summed E-state index contributed by atoms with van der Waals surface area (Å²) in [4.78, 5) is 12.0. The topological polar surface area (TPSA) is 35.5 Å². The van der Waals surface area contributed by atoms with Crippen LogP contribution in [0.5, 0.6) is 0 Å². The van der Waals surface area contributed by atoms with Gasteiger partial charge >= 0.3 is 0 Å². The summed E-state index contributed by atoms with van der Waals surface area (Å²) in [5.41, 5.74) is 2.50. The molecule has 4 rings (SSSR count). The third kappa shape index (κ3) is 3.28. The number of fused-ring (bicyclic) bond motifs is 1. The highest BCUT2D eigenvalue weighted by atomic mass is 16.6. The van der Waals surface area contributed by atoms with Gasteiger partial charge in [0.1, 0.15) is 11.7 Å². The number of hydrogen-bond donors (Lipinski definition) is 0. The number of rotatable bonds is 4. The summed E-state index contributed by atoms with van der Waals surface area (Å²) in [5.74, 6) is 0.0771. The predicted octanol–water partition coefficient (Wildman–Crippen LogP) is 3.99. The Kier molecular flexibility index (Phi) is 4.58. The van der Waals surface area contributed by atoms with E-state index in [1.165, 1.54) is 5.56 Å². The van der Waals surface area contributed by atoms with E-state index >= 15 is 0 Å². The highest BCUT2D eigenvalue weighted by Gasteiger charge is 2.47. The van der Waals surface area contributed by atoms with Gasteiger partial charge in [0.05, 0.1) is 12.7 Å². The van der Waals surface area contributed by atoms with Gasteiger partial charge in [0.15, 0.2) is 5.78 Å². The lowest BCUT2D eigenvalue weighted by Crippen LogP contribution is -2.56. The van der Waals surface area contributed by atoms with Crippen molar-refractivity contribution in [2.45, 2.75) is 30.7 Å². The predicted molar refractivity (Wildman–Crippen MR) is 102 cm³/mol. The van der Waals surface area contributed by atoms with Crippen LogP contribution >= 0.6 is 0 Å². The molecule has 2 aliphatic rings. The average molecular weight is 346 g/mol. The van der Waals surface area contributed by atoms with Gasteiger partial charge in [-0.05, 0) is 28.9 Å². The van der Waals surface area contributed by atoms with E-state index in [9.17, 15) is 4.79 Å². The fourth-order valence-corrected chi connectivity index (χ4v) is 3.70. The molecule has 1 aliphatic carbocycles. The maximum absolute atomic E-state index is 12.0. The maximum Gasteiger partial charge on any atom is 0.158 e. The molecule has 0 N–H and O–H groups in total. The third-order valence-electron chi connectivity index (χ3n) is 5.17. The first-order valence-electron chi connectivity index (χ1n) is 8.96. The lowest BCUT2D eigenvalue weighted by atomic mass is 9.81. The molecule has 1 heterocycles. The normalized spacial score (nSPS) is 27.8. The monoisotopic (exact) mass is 346 g/mol. The molecule has 0 amide bonds. The van der Waals surface area contributed by atoms with E-state index in [0.717, 1.165) is 11.1 Å². The lowest BCUT2D eigenvalue weighted by Gasteiger charge is -2.46. The fraction of sp³-hybridized carbons (Fsp3) is 0.261. The first-order chi connectivity index (χ1) is 12.7. The van der Waals surface area contributed by atoms with E-state index in [4.69, 9.17) is 9.47 Å². The molecule has 26 heavy (non-hydrogen) atoms. The van der Waals surface area contributed by atoms with Gasteiger partial charge in [-0.15, -0.1) is 0 Å². The standard InChI is InChI=1S/C23H22O3/c1-17(19-10-6-3-7-11-19)21-16-25-23(15-18-8-4-2-5-9-18)13-12-20(24)14-22(23)26-21/h2-13,21-22H,1,14-16H2/t21-,22-,23-/m1/s1. The van der Waals surface area contributed by atoms with Gasteiger partial charge in [0.25, 0.3) is 0 Å². The number of hydrogen-bond acceptors (Lipinski definition) is 3. The maximum atomic E-state index is 12.0. The second-order valence-corrected chi connectivity index (χ2v) is 6.94. The Bertz CT molecular complexity index is 825. The van der Waals surface area contributed by atoms with E-state index in [1.54, 1.807) is 6.08 Å². The zero-order chi connectivity index (χ0) is 18.0. The van der Waals surface area contributed by atoms with E-state index in [0.29, 0.717) is 19.4 Å². The van der Waals surface area contributed by atoms with Crippen molar-refractivity contribution in [2.24, 2.45) is 0 Å². The Balaban J connectivity index is 1.58. The Hall–Kier alpha value is -2.49. The minimum absolute atomic E-state index is 0.0771. The summed E-state index contributed by atoms with van der Waals surface area (Å²) >= 11 is 0. The first kappa shape index (κ1) is 17.0. The van der Waals surface area contributed by atoms with Crippen LogP contribution in [0.1, 0.15) is 17.5 Å². The molecule has 1 saturated heterocycles. The Labute approximate surface area is 154 Å². The van der Waals surface area contributed by atoms with Gasteiger partial charge in [-0.3, -0.25) is 4.79 Å². The molecule has 132 valence electrons. The zero-order valence-corrected chi connectivity index (χ0v) is 14.6. The highest BCUT2D eigenvalue weighted by molar-refractivity contribution is 5.91. The Morgan fingerprint density at radius 2 is 1.77 bits per heavy atom. The minimum atomic E-state index is -0.595. The van der Waals surface area contributed by atoms with Crippen LogP contribution in [-0.2, 0) is 20.7 Å². The minimum Gasteiger partial charge on any atom is -0.365 e. The molecule has 0 aromatic heterocycles. The molecule has 3 atom stereocenters. The van der Waals surface area contributed by atoms with Crippen molar-refractivity contribution in [1.82, 2.24) is 0 Å². The lowest BCUT2D eigenvalue weighted by molar-refractivity contribution is -0.203. The van der Waals surface area contributed by atoms with Gasteiger partial charge in [0, 0.05) is 12.8 Å². The van der Waals surface area contributed by atoms with Crippen molar-refractivity contribution in [3.8, 4) is 0 Å². The molecule has 0 unspecified atom stereocenters. The zero-order valence-electron chi connectivity index (χ0n) is 14.6. The molecule has 3 nitrogen and oxygen atoms in total. The summed E-state index contributed by atoms with van der Waals surface area (Å²) in [6.45, 7) is 4.63. The van der Waals surface area contributed by atoms with Crippen LogP contribution in [0.2, 0.25) is 0 Å². The molecule has 2 aromatic carbocycles. The Morgan fingerprint density at radius 3 is 2.50 bits per heavy atom. The van der Waals surface area contributed by atoms with Gasteiger partial charge in [-0.1, -0.05) is 67.2 Å². The van der Waals surface area contributed by atoms with Crippen molar-refractivity contribution < 1.29 is 14.3 Å². The molecule has 0 saturated carbocycles. The fourth-order valence-electron chi connectivity index (χ4n) is 3.70. The van der Waals surface area contributed by atoms with Gasteiger partial charge in [-0.2, -0.15) is 0 Å². The molecular formula is C23H22O3. The van der Waals surface area contributed by atoms with Crippen LogP contribution in [0, 0.1) is 0 Å². The van der Waals surface area contributed by atoms with Crippen molar-refractivity contribution in [3.05, 3.63) is 90.5 Å². The molecule has 0 bridgehead atoms. The SMILES string of the molecule is C=C(c1ccccc1)[C@H]1CO[C@@]2(Cc3ccccc3)C=CC(=O)C[C@H]2O1. The third-order valence-corrected chi connectivity index (χ3v) is 5.17. The van der Waals surface area contributed by atoms with Crippen LogP contribution in [-0.4, -0.2) is 30.2 Å². The number of allylic oxidation sites excluding steroid dienone is 1. The number of ether oxygens (including phenoxy) is 2. The average Bonchev–Trinajstić information content (AvgIpc) is 2.69. The number of carbonyl (C=O) groups is 1. The molecule has 1 aliphatic heterocycles. The summed E-state index contributed by atoms with van der Waals surface area (Å²) < 4.78 is 12.7. The molecule has 3 heteroatoms. The van der Waals surface area contributed by atoms with Crippen LogP contribution in [0.3, 0.4) is 0 Å². The summed E-state index contributed by atoms with van der Waals surface area (Å²) in [6.07, 6.45) is 3.99. The van der Waals surface area contributed by atoms with Crippen LogP contribution in [0.15, 0.2) is 79.4 Å². The van der Waals surface area contributed by atoms with E-state index in [-0.39, 0.29) is 18.0 Å². The van der Waals surface area contributed by atoms with Crippen molar-refractivity contribution in [2.75, 3.05) is 6.61 Å². The smallest absolute Gasteiger partial charge is 0.158 e. The van der Waals surface area contributed by atoms with Crippen molar-refractivity contribution >= 4 is 11.4 Å². The Morgan fingerprint density at radius 1 is 1.08 bits per heavy atom. The summed E-state index contributed by atoms with van der Waals surface area (Å²) in [7, 11) is 0. The van der Waals surface area contributed by atoms with Gasteiger partial charge in [-0.25, -0.2) is 0 Å². The van der Waals surface area contributed by atoms with E-state index in [1.807, 2.05) is 54.6 Å². The molecule has 0 spiro atoms. The van der Waals surface area contributed by atoms with Crippen LogP contribution < -0.4 is 0 Å².